The molecule has 1 N–H and O–H groups in total. The zero-order valence-electron chi connectivity index (χ0n) is 18.5. The number of hydrogen-bond donors (Lipinski definition) is 1. The number of hydrogen-bond acceptors (Lipinski definition) is 6. The van der Waals surface area contributed by atoms with E-state index in [1.807, 2.05) is 12.1 Å². The third-order valence-electron chi connectivity index (χ3n) is 6.90. The van der Waals surface area contributed by atoms with Crippen LogP contribution in [0.15, 0.2) is 44.6 Å². The summed E-state index contributed by atoms with van der Waals surface area (Å²) in [6, 6.07) is 7.33. The lowest BCUT2D eigenvalue weighted by Gasteiger charge is -2.28. The molecule has 3 aromatic rings. The van der Waals surface area contributed by atoms with Crippen LogP contribution in [-0.4, -0.2) is 57.2 Å². The molecule has 0 radical (unpaired) electrons. The van der Waals surface area contributed by atoms with E-state index in [4.69, 9.17) is 4.52 Å². The number of aromatic nitrogens is 3. The molecule has 1 aromatic carbocycles. The number of H-pyrrole nitrogens is 1. The van der Waals surface area contributed by atoms with E-state index >= 15 is 0 Å². The van der Waals surface area contributed by atoms with Crippen molar-refractivity contribution in [2.75, 3.05) is 32.7 Å². The SMILES string of the molecule is O=c1ccn(-c2noc3ccc(CN4CCCN(CC5CCCCC5)CC4)cc23)c(=O)[nH]1. The van der Waals surface area contributed by atoms with Crippen molar-refractivity contribution in [3.8, 4) is 5.82 Å². The largest absolute Gasteiger partial charge is 0.354 e. The third-order valence-corrected chi connectivity index (χ3v) is 6.90. The molecular weight excluding hydrogens is 406 g/mol. The van der Waals surface area contributed by atoms with Crippen molar-refractivity contribution in [2.24, 2.45) is 5.92 Å². The number of benzene rings is 1. The molecule has 170 valence electrons. The fourth-order valence-electron chi connectivity index (χ4n) is 5.19. The Balaban J connectivity index is 1.28. The Morgan fingerprint density at radius 3 is 2.62 bits per heavy atom. The van der Waals surface area contributed by atoms with Gasteiger partial charge in [-0.15, -0.1) is 0 Å². The van der Waals surface area contributed by atoms with Crippen molar-refractivity contribution in [3.63, 3.8) is 0 Å². The van der Waals surface area contributed by atoms with Crippen LogP contribution in [0.25, 0.3) is 16.8 Å². The first-order valence-electron chi connectivity index (χ1n) is 11.8. The number of rotatable bonds is 5. The summed E-state index contributed by atoms with van der Waals surface area (Å²) in [5.74, 6) is 1.29. The average Bonchev–Trinajstić information content (AvgIpc) is 3.08. The summed E-state index contributed by atoms with van der Waals surface area (Å²) in [4.78, 5) is 31.1. The molecule has 0 unspecified atom stereocenters. The Morgan fingerprint density at radius 1 is 0.969 bits per heavy atom. The van der Waals surface area contributed by atoms with E-state index in [-0.39, 0.29) is 0 Å². The van der Waals surface area contributed by atoms with Crippen molar-refractivity contribution < 1.29 is 4.52 Å². The van der Waals surface area contributed by atoms with Crippen LogP contribution in [0.1, 0.15) is 44.1 Å². The molecule has 1 aliphatic heterocycles. The van der Waals surface area contributed by atoms with Crippen LogP contribution >= 0.6 is 0 Å². The minimum Gasteiger partial charge on any atom is -0.354 e. The standard InChI is InChI=1S/C24H31N5O3/c30-22-9-12-29(24(31)25-22)23-20-15-19(7-8-21(20)32-26-23)17-28-11-4-10-27(13-14-28)16-18-5-2-1-3-6-18/h7-9,12,15,18H,1-6,10-11,13-14,16-17H2,(H,25,30,31). The lowest BCUT2D eigenvalue weighted by molar-refractivity contribution is 0.200. The van der Waals surface area contributed by atoms with Crippen LogP contribution in [0.5, 0.6) is 0 Å². The molecule has 8 nitrogen and oxygen atoms in total. The highest BCUT2D eigenvalue weighted by Crippen LogP contribution is 2.25. The smallest absolute Gasteiger partial charge is 0.334 e. The molecule has 8 heteroatoms. The molecule has 0 bridgehead atoms. The summed E-state index contributed by atoms with van der Waals surface area (Å²) in [7, 11) is 0. The van der Waals surface area contributed by atoms with E-state index < -0.39 is 11.2 Å². The van der Waals surface area contributed by atoms with Crippen LogP contribution in [0.3, 0.4) is 0 Å². The van der Waals surface area contributed by atoms with Crippen LogP contribution < -0.4 is 11.2 Å². The molecule has 2 fully saturated rings. The number of nitrogens with one attached hydrogen (secondary N) is 1. The van der Waals surface area contributed by atoms with E-state index in [0.717, 1.165) is 37.5 Å². The Kier molecular flexibility index (Phi) is 6.23. The first-order valence-corrected chi connectivity index (χ1v) is 11.8. The van der Waals surface area contributed by atoms with Crippen molar-refractivity contribution in [1.29, 1.82) is 0 Å². The molecule has 0 amide bonds. The normalized spacial score (nSPS) is 19.4. The molecule has 0 atom stereocenters. The van der Waals surface area contributed by atoms with Gasteiger partial charge < -0.3 is 9.42 Å². The molecule has 1 saturated heterocycles. The monoisotopic (exact) mass is 437 g/mol. The summed E-state index contributed by atoms with van der Waals surface area (Å²) in [5, 5.41) is 4.84. The Morgan fingerprint density at radius 2 is 1.78 bits per heavy atom. The van der Waals surface area contributed by atoms with Gasteiger partial charge in [0.2, 0.25) is 0 Å². The van der Waals surface area contributed by atoms with Crippen LogP contribution in [0, 0.1) is 5.92 Å². The highest BCUT2D eigenvalue weighted by Gasteiger charge is 2.21. The van der Waals surface area contributed by atoms with Crippen LogP contribution in [0.4, 0.5) is 0 Å². The first-order chi connectivity index (χ1) is 15.7. The highest BCUT2D eigenvalue weighted by atomic mass is 16.5. The minimum atomic E-state index is -0.524. The second kappa shape index (κ2) is 9.42. The van der Waals surface area contributed by atoms with Gasteiger partial charge in [-0.05, 0) is 56.0 Å². The van der Waals surface area contributed by atoms with Gasteiger partial charge in [-0.2, -0.15) is 0 Å². The predicted octanol–water partition coefficient (Wildman–Crippen LogP) is 2.76. The van der Waals surface area contributed by atoms with Gasteiger partial charge in [0.05, 0.1) is 5.39 Å². The molecule has 2 aliphatic rings. The summed E-state index contributed by atoms with van der Waals surface area (Å²) >= 11 is 0. The molecule has 5 rings (SSSR count). The minimum absolute atomic E-state index is 0.401. The summed E-state index contributed by atoms with van der Waals surface area (Å²) in [6.07, 6.45) is 9.66. The van der Waals surface area contributed by atoms with Crippen molar-refractivity contribution in [2.45, 2.75) is 45.1 Å². The molecule has 0 spiro atoms. The Labute approximate surface area is 186 Å². The Bertz CT molecular complexity index is 1170. The van der Waals surface area contributed by atoms with Gasteiger partial charge in [-0.1, -0.05) is 30.5 Å². The van der Waals surface area contributed by atoms with Gasteiger partial charge in [0.15, 0.2) is 11.4 Å². The quantitative estimate of drug-likeness (QED) is 0.661. The number of nitrogens with zero attached hydrogens (tertiary/aromatic N) is 4. The maximum absolute atomic E-state index is 12.2. The van der Waals surface area contributed by atoms with Crippen molar-refractivity contribution in [3.05, 3.63) is 56.9 Å². The average molecular weight is 438 g/mol. The van der Waals surface area contributed by atoms with Crippen LogP contribution in [0.2, 0.25) is 0 Å². The van der Waals surface area contributed by atoms with Gasteiger partial charge in [0.1, 0.15) is 0 Å². The molecule has 32 heavy (non-hydrogen) atoms. The second-order valence-corrected chi connectivity index (χ2v) is 9.25. The van der Waals surface area contributed by atoms with E-state index in [9.17, 15) is 9.59 Å². The third kappa shape index (κ3) is 4.71. The molecule has 2 aromatic heterocycles. The van der Waals surface area contributed by atoms with Gasteiger partial charge in [-0.3, -0.25) is 14.7 Å². The maximum Gasteiger partial charge on any atom is 0.334 e. The lowest BCUT2D eigenvalue weighted by atomic mass is 9.89. The van der Waals surface area contributed by atoms with Crippen molar-refractivity contribution in [1.82, 2.24) is 24.5 Å². The predicted molar refractivity (Wildman–Crippen MR) is 123 cm³/mol. The van der Waals surface area contributed by atoms with E-state index in [1.165, 1.54) is 74.0 Å². The zero-order valence-corrected chi connectivity index (χ0v) is 18.5. The number of aromatic amines is 1. The van der Waals surface area contributed by atoms with E-state index in [0.29, 0.717) is 11.4 Å². The fraction of sp³-hybridized carbons (Fsp3) is 0.542. The molecule has 1 saturated carbocycles. The molecule has 1 aliphatic carbocycles. The topological polar surface area (TPSA) is 87.4 Å². The van der Waals surface area contributed by atoms with E-state index in [1.54, 1.807) is 0 Å². The fourth-order valence-corrected chi connectivity index (χ4v) is 5.19. The molecular formula is C24H31N5O3. The first kappa shape index (κ1) is 21.2. The van der Waals surface area contributed by atoms with Crippen molar-refractivity contribution >= 4 is 11.0 Å². The van der Waals surface area contributed by atoms with E-state index in [2.05, 4.69) is 26.0 Å². The Hall–Kier alpha value is -2.71. The van der Waals surface area contributed by atoms with Gasteiger partial charge in [0.25, 0.3) is 5.56 Å². The van der Waals surface area contributed by atoms with Gasteiger partial charge >= 0.3 is 5.69 Å². The summed E-state index contributed by atoms with van der Waals surface area (Å²) in [6.45, 7) is 6.60. The summed E-state index contributed by atoms with van der Waals surface area (Å²) < 4.78 is 6.73. The maximum atomic E-state index is 12.2. The zero-order chi connectivity index (χ0) is 21.9. The highest BCUT2D eigenvalue weighted by molar-refractivity contribution is 5.84. The summed E-state index contributed by atoms with van der Waals surface area (Å²) in [5.41, 5.74) is 0.832. The second-order valence-electron chi connectivity index (χ2n) is 9.25. The molecule has 3 heterocycles. The lowest BCUT2D eigenvalue weighted by Crippen LogP contribution is -2.34. The van der Waals surface area contributed by atoms with Gasteiger partial charge in [0, 0.05) is 38.4 Å². The van der Waals surface area contributed by atoms with Crippen LogP contribution in [-0.2, 0) is 6.54 Å². The number of fused-ring (bicyclic) bond motifs is 1. The van der Waals surface area contributed by atoms with Gasteiger partial charge in [-0.25, -0.2) is 9.36 Å².